The van der Waals surface area contributed by atoms with Gasteiger partial charge < -0.3 is 19.6 Å². The van der Waals surface area contributed by atoms with Gasteiger partial charge in [0.25, 0.3) is 11.8 Å². The lowest BCUT2D eigenvalue weighted by Crippen LogP contribution is -2.32. The topological polar surface area (TPSA) is 81.2 Å². The smallest absolute Gasteiger partial charge is 0.253 e. The average Bonchev–Trinajstić information content (AvgIpc) is 4.19. The molecule has 312 valence electrons. The van der Waals surface area contributed by atoms with Crippen LogP contribution < -0.4 is 9.80 Å². The zero-order valence-corrected chi connectivity index (χ0v) is 36.5. The highest BCUT2D eigenvalue weighted by Gasteiger charge is 2.68. The van der Waals surface area contributed by atoms with Crippen LogP contribution in [0, 0.1) is 0 Å². The molecule has 4 atom stereocenters. The molecule has 0 unspecified atom stereocenters. The molecule has 4 aliphatic rings. The first-order valence-corrected chi connectivity index (χ1v) is 21.5. The van der Waals surface area contributed by atoms with Gasteiger partial charge in [0.2, 0.25) is 11.8 Å². The van der Waals surface area contributed by atoms with Gasteiger partial charge in [0.15, 0.2) is 0 Å². The molecule has 0 bridgehead atoms. The van der Waals surface area contributed by atoms with Gasteiger partial charge in [-0.15, -0.1) is 0 Å². The van der Waals surface area contributed by atoms with Crippen molar-refractivity contribution >= 4 is 58.2 Å². The lowest BCUT2D eigenvalue weighted by molar-refractivity contribution is -0.121. The van der Waals surface area contributed by atoms with Crippen molar-refractivity contribution in [3.8, 4) is 0 Å². The standard InChI is InChI=1S/2C26H23ClN2O2/c2*1-28(2)24(30)19-7-5-6-17(14-19)16-29-23-9-4-3-8-21(23)26(25(29)31)15-22(26)18-10-12-20(27)13-11-18/h2*3-14,22H,15-16H2,1-2H3/t2*22-,26-/m10/s1. The summed E-state index contributed by atoms with van der Waals surface area (Å²) in [6.07, 6.45) is 1.61. The quantitative estimate of drug-likeness (QED) is 0.153. The van der Waals surface area contributed by atoms with Crippen molar-refractivity contribution in [3.63, 3.8) is 0 Å². The van der Waals surface area contributed by atoms with Gasteiger partial charge in [0, 0.05) is 72.6 Å². The molecule has 2 aliphatic heterocycles. The van der Waals surface area contributed by atoms with Gasteiger partial charge >= 0.3 is 0 Å². The van der Waals surface area contributed by atoms with Crippen molar-refractivity contribution < 1.29 is 19.2 Å². The first-order chi connectivity index (χ1) is 29.8. The van der Waals surface area contributed by atoms with E-state index in [9.17, 15) is 19.2 Å². The number of hydrogen-bond acceptors (Lipinski definition) is 4. The van der Waals surface area contributed by atoms with Crippen LogP contribution >= 0.6 is 23.2 Å². The molecule has 2 fully saturated rings. The van der Waals surface area contributed by atoms with E-state index in [0.717, 1.165) is 57.6 Å². The average molecular weight is 862 g/mol. The van der Waals surface area contributed by atoms with Crippen molar-refractivity contribution in [1.29, 1.82) is 0 Å². The van der Waals surface area contributed by atoms with E-state index in [2.05, 4.69) is 12.1 Å². The third-order valence-corrected chi connectivity index (χ3v) is 13.4. The lowest BCUT2D eigenvalue weighted by Gasteiger charge is -2.19. The third-order valence-electron chi connectivity index (χ3n) is 12.9. The molecule has 4 amide bonds. The van der Waals surface area contributed by atoms with Crippen molar-refractivity contribution in [2.24, 2.45) is 0 Å². The van der Waals surface area contributed by atoms with Crippen molar-refractivity contribution in [1.82, 2.24) is 9.80 Å². The van der Waals surface area contributed by atoms with E-state index in [-0.39, 0.29) is 35.5 Å². The molecule has 0 radical (unpaired) electrons. The summed E-state index contributed by atoms with van der Waals surface area (Å²) in [6.45, 7) is 0.888. The first-order valence-electron chi connectivity index (χ1n) is 20.8. The fourth-order valence-electron chi connectivity index (χ4n) is 9.69. The number of hydrogen-bond donors (Lipinski definition) is 0. The van der Waals surface area contributed by atoms with E-state index in [0.29, 0.717) is 34.3 Å². The molecule has 10 rings (SSSR count). The van der Waals surface area contributed by atoms with Crippen LogP contribution in [0.3, 0.4) is 0 Å². The van der Waals surface area contributed by atoms with Crippen LogP contribution in [0.15, 0.2) is 146 Å². The van der Waals surface area contributed by atoms with Crippen molar-refractivity contribution in [2.75, 3.05) is 38.0 Å². The number of amides is 4. The monoisotopic (exact) mass is 860 g/mol. The second-order valence-corrected chi connectivity index (χ2v) is 18.0. The maximum absolute atomic E-state index is 13.8. The molecule has 2 saturated carbocycles. The molecule has 0 N–H and O–H groups in total. The summed E-state index contributed by atoms with van der Waals surface area (Å²) in [7, 11) is 6.96. The maximum atomic E-state index is 13.8. The summed E-state index contributed by atoms with van der Waals surface area (Å²) in [6, 6.07) is 46.9. The highest BCUT2D eigenvalue weighted by Crippen LogP contribution is 2.67. The molecule has 2 aliphatic carbocycles. The Kier molecular flexibility index (Phi) is 10.6. The van der Waals surface area contributed by atoms with E-state index in [4.69, 9.17) is 23.2 Å². The Hall–Kier alpha value is -6.22. The van der Waals surface area contributed by atoms with Crippen LogP contribution in [0.5, 0.6) is 0 Å². The van der Waals surface area contributed by atoms with Gasteiger partial charge in [-0.2, -0.15) is 0 Å². The molecule has 0 aromatic heterocycles. The molecule has 62 heavy (non-hydrogen) atoms. The van der Waals surface area contributed by atoms with Crippen LogP contribution in [0.4, 0.5) is 11.4 Å². The summed E-state index contributed by atoms with van der Waals surface area (Å²) in [5.41, 5.74) is 8.56. The van der Waals surface area contributed by atoms with Gasteiger partial charge in [-0.1, -0.05) is 108 Å². The number of rotatable bonds is 8. The minimum Gasteiger partial charge on any atom is -0.345 e. The predicted octanol–water partition coefficient (Wildman–Crippen LogP) is 10.0. The molecular weight excluding hydrogens is 816 g/mol. The zero-order chi connectivity index (χ0) is 43.5. The number of nitrogens with zero attached hydrogens (tertiary/aromatic N) is 4. The van der Waals surface area contributed by atoms with Crippen molar-refractivity contribution in [2.45, 2.75) is 48.6 Å². The lowest BCUT2D eigenvalue weighted by atomic mass is 9.92. The molecular formula is C52H46Cl2N4O4. The number of anilines is 2. The van der Waals surface area contributed by atoms with Crippen LogP contribution in [0.2, 0.25) is 10.0 Å². The summed E-state index contributed by atoms with van der Waals surface area (Å²) in [5.74, 6) is 0.499. The summed E-state index contributed by atoms with van der Waals surface area (Å²) in [5, 5.41) is 1.40. The number of carbonyl (C=O) groups is 4. The summed E-state index contributed by atoms with van der Waals surface area (Å²) in [4.78, 5) is 59.1. The van der Waals surface area contributed by atoms with Gasteiger partial charge in [-0.25, -0.2) is 0 Å². The Morgan fingerprint density at radius 2 is 0.903 bits per heavy atom. The molecule has 0 saturated heterocycles. The minimum atomic E-state index is -0.499. The second kappa shape index (κ2) is 15.9. The SMILES string of the molecule is CN(C)C(=O)c1cccc(CN2C(=O)[C@@]3(C[C@H]3c3ccc(Cl)cc3)c3ccccc32)c1.CN(C)C(=O)c1cccc(CN2C(=O)[C@]3(C[C@@H]3c3ccc(Cl)cc3)c3ccccc32)c1. The summed E-state index contributed by atoms with van der Waals surface area (Å²) >= 11 is 12.1. The second-order valence-electron chi connectivity index (χ2n) is 17.2. The number of fused-ring (bicyclic) bond motifs is 4. The minimum absolute atomic E-state index is 0.0449. The van der Waals surface area contributed by atoms with E-state index >= 15 is 0 Å². The Morgan fingerprint density at radius 1 is 0.532 bits per heavy atom. The van der Waals surface area contributed by atoms with E-state index in [1.54, 1.807) is 38.0 Å². The van der Waals surface area contributed by atoms with Crippen molar-refractivity contribution in [3.05, 3.63) is 200 Å². The van der Waals surface area contributed by atoms with E-state index in [1.165, 1.54) is 0 Å². The van der Waals surface area contributed by atoms with Gasteiger partial charge in [-0.3, -0.25) is 19.2 Å². The largest absolute Gasteiger partial charge is 0.345 e. The molecule has 10 heteroatoms. The van der Waals surface area contributed by atoms with Crippen LogP contribution in [0.25, 0.3) is 0 Å². The Bertz CT molecular complexity index is 2560. The van der Waals surface area contributed by atoms with E-state index < -0.39 is 10.8 Å². The Morgan fingerprint density at radius 3 is 1.27 bits per heavy atom. The molecule has 6 aromatic carbocycles. The zero-order valence-electron chi connectivity index (χ0n) is 35.0. The molecule has 2 heterocycles. The number of para-hydroxylation sites is 2. The van der Waals surface area contributed by atoms with Gasteiger partial charge in [0.1, 0.15) is 0 Å². The van der Waals surface area contributed by atoms with Crippen LogP contribution in [0.1, 0.15) is 78.8 Å². The highest BCUT2D eigenvalue weighted by molar-refractivity contribution is 6.30. The highest BCUT2D eigenvalue weighted by atomic mass is 35.5. The fourth-order valence-corrected chi connectivity index (χ4v) is 9.95. The fraction of sp³-hybridized carbons (Fsp3) is 0.231. The Labute approximate surface area is 372 Å². The first kappa shape index (κ1) is 41.1. The summed E-state index contributed by atoms with van der Waals surface area (Å²) < 4.78 is 0. The molecule has 2 spiro atoms. The third kappa shape index (κ3) is 7.05. The number of carbonyl (C=O) groups excluding carboxylic acids is 4. The van der Waals surface area contributed by atoms with E-state index in [1.807, 2.05) is 143 Å². The van der Waals surface area contributed by atoms with Crippen LogP contribution in [-0.4, -0.2) is 61.6 Å². The number of benzene rings is 6. The number of halogens is 2. The predicted molar refractivity (Wildman–Crippen MR) is 245 cm³/mol. The Balaban J connectivity index is 0.000000158. The molecule has 6 aromatic rings. The van der Waals surface area contributed by atoms with Crippen LogP contribution in [-0.2, 0) is 33.5 Å². The van der Waals surface area contributed by atoms with Gasteiger partial charge in [0.05, 0.1) is 23.9 Å². The maximum Gasteiger partial charge on any atom is 0.253 e. The van der Waals surface area contributed by atoms with Gasteiger partial charge in [-0.05, 0) is 107 Å². The molecule has 8 nitrogen and oxygen atoms in total. The normalized spacial score (nSPS) is 21.3.